The van der Waals surface area contributed by atoms with Gasteiger partial charge < -0.3 is 10.4 Å². The first-order valence-corrected chi connectivity index (χ1v) is 6.44. The Hall–Kier alpha value is -1.88. The Morgan fingerprint density at radius 2 is 2.22 bits per heavy atom. The summed E-state index contributed by atoms with van der Waals surface area (Å²) < 4.78 is 0. The molecule has 0 saturated carbocycles. The maximum absolute atomic E-state index is 4.35. The molecule has 0 spiro atoms. The lowest BCUT2D eigenvalue weighted by atomic mass is 9.93. The zero-order valence-corrected chi connectivity index (χ0v) is 10.0. The van der Waals surface area contributed by atoms with E-state index in [9.17, 15) is 0 Å². The Morgan fingerprint density at radius 3 is 3.11 bits per heavy atom. The molecule has 3 aromatic heterocycles. The molecule has 0 amide bonds. The molecule has 1 atom stereocenters. The fourth-order valence-electron chi connectivity index (χ4n) is 2.95. The minimum absolute atomic E-state index is 0.549. The molecule has 3 N–H and O–H groups in total. The zero-order valence-electron chi connectivity index (χ0n) is 10.0. The Bertz CT molecular complexity index is 690. The molecule has 0 bridgehead atoms. The number of aromatic amines is 2. The minimum Gasteiger partial charge on any atom is -0.316 e. The van der Waals surface area contributed by atoms with Gasteiger partial charge in [0.15, 0.2) is 5.65 Å². The van der Waals surface area contributed by atoms with Gasteiger partial charge in [-0.25, -0.2) is 9.97 Å². The number of nitrogens with zero attached hydrogens (tertiary/aromatic N) is 2. The third-order valence-electron chi connectivity index (χ3n) is 3.84. The average molecular weight is 241 g/mol. The maximum atomic E-state index is 4.35. The summed E-state index contributed by atoms with van der Waals surface area (Å²) in [6.07, 6.45) is 6.15. The van der Waals surface area contributed by atoms with E-state index in [1.807, 2.05) is 18.5 Å². The van der Waals surface area contributed by atoms with Crippen molar-refractivity contribution in [2.75, 3.05) is 13.1 Å². The van der Waals surface area contributed by atoms with E-state index in [4.69, 9.17) is 0 Å². The van der Waals surface area contributed by atoms with E-state index < -0.39 is 0 Å². The van der Waals surface area contributed by atoms with E-state index in [1.54, 1.807) is 0 Å². The largest absolute Gasteiger partial charge is 0.316 e. The van der Waals surface area contributed by atoms with Crippen LogP contribution in [0, 0.1) is 0 Å². The van der Waals surface area contributed by atoms with E-state index in [0.29, 0.717) is 5.92 Å². The molecule has 0 aromatic carbocycles. The summed E-state index contributed by atoms with van der Waals surface area (Å²) in [7, 11) is 0. The first-order valence-electron chi connectivity index (χ1n) is 6.44. The van der Waals surface area contributed by atoms with Gasteiger partial charge in [-0.15, -0.1) is 0 Å². The van der Waals surface area contributed by atoms with Gasteiger partial charge in [0.05, 0.1) is 11.7 Å². The van der Waals surface area contributed by atoms with E-state index in [0.717, 1.165) is 29.6 Å². The van der Waals surface area contributed by atoms with Gasteiger partial charge in [0.1, 0.15) is 0 Å². The summed E-state index contributed by atoms with van der Waals surface area (Å²) in [5, 5.41) is 12.4. The summed E-state index contributed by atoms with van der Waals surface area (Å²) in [6, 6.07) is 2.05. The van der Waals surface area contributed by atoms with Crippen LogP contribution in [0.5, 0.6) is 0 Å². The first-order chi connectivity index (χ1) is 8.93. The van der Waals surface area contributed by atoms with Crippen molar-refractivity contribution in [2.45, 2.75) is 18.8 Å². The van der Waals surface area contributed by atoms with Crippen LogP contribution in [0.3, 0.4) is 0 Å². The number of rotatable bonds is 1. The van der Waals surface area contributed by atoms with Crippen LogP contribution in [0.15, 0.2) is 18.5 Å². The number of fused-ring (bicyclic) bond motifs is 3. The lowest BCUT2D eigenvalue weighted by molar-refractivity contribution is 0.456. The summed E-state index contributed by atoms with van der Waals surface area (Å²) in [4.78, 5) is 8.63. The van der Waals surface area contributed by atoms with Gasteiger partial charge in [0, 0.05) is 35.1 Å². The zero-order chi connectivity index (χ0) is 11.9. The third-order valence-corrected chi connectivity index (χ3v) is 3.84. The van der Waals surface area contributed by atoms with Gasteiger partial charge in [-0.3, -0.25) is 5.10 Å². The normalized spacial score (nSPS) is 20.8. The van der Waals surface area contributed by atoms with Gasteiger partial charge in [0.2, 0.25) is 0 Å². The van der Waals surface area contributed by atoms with Crippen molar-refractivity contribution in [3.05, 3.63) is 24.2 Å². The standard InChI is InChI=1S/C13H15N5/c1-2-8(6-14-4-1)12-11-9-3-5-15-13(9)16-7-10(11)17-18-12/h3,5,7-8,14,17-18H,1-2,4,6H2. The summed E-state index contributed by atoms with van der Waals surface area (Å²) in [5.74, 6) is 0.549. The summed E-state index contributed by atoms with van der Waals surface area (Å²) >= 11 is 0. The number of H-pyrrole nitrogens is 2. The number of hydrogen-bond acceptors (Lipinski definition) is 3. The van der Waals surface area contributed by atoms with E-state index in [-0.39, 0.29) is 0 Å². The Kier molecular flexibility index (Phi) is 2.14. The van der Waals surface area contributed by atoms with Crippen LogP contribution in [-0.4, -0.2) is 33.3 Å². The minimum atomic E-state index is 0.549. The van der Waals surface area contributed by atoms with Crippen LogP contribution in [0.2, 0.25) is 0 Å². The smallest absolute Gasteiger partial charge is 0.159 e. The fraction of sp³-hybridized carbons (Fsp3) is 0.385. The molecule has 5 nitrogen and oxygen atoms in total. The SMILES string of the molecule is c1cc2c(n1)ncc1[nH][nH]c(C3CCCNC3)c12. The molecule has 1 aliphatic rings. The highest BCUT2D eigenvalue weighted by molar-refractivity contribution is 6.04. The summed E-state index contributed by atoms with van der Waals surface area (Å²) in [5.41, 5.74) is 3.19. The molecule has 1 unspecified atom stereocenters. The molecule has 5 heteroatoms. The number of piperidine rings is 1. The Morgan fingerprint density at radius 1 is 1.22 bits per heavy atom. The lowest BCUT2D eigenvalue weighted by Gasteiger charge is -2.21. The molecule has 4 heterocycles. The van der Waals surface area contributed by atoms with Gasteiger partial charge in [-0.05, 0) is 25.5 Å². The highest BCUT2D eigenvalue weighted by Gasteiger charge is 2.20. The molecule has 4 rings (SSSR count). The Labute approximate surface area is 104 Å². The van der Waals surface area contributed by atoms with E-state index in [2.05, 4.69) is 25.5 Å². The molecule has 18 heavy (non-hydrogen) atoms. The van der Waals surface area contributed by atoms with Gasteiger partial charge >= 0.3 is 0 Å². The van der Waals surface area contributed by atoms with Crippen molar-refractivity contribution in [1.29, 1.82) is 0 Å². The van der Waals surface area contributed by atoms with Crippen LogP contribution in [0.1, 0.15) is 24.5 Å². The highest BCUT2D eigenvalue weighted by Crippen LogP contribution is 2.31. The lowest BCUT2D eigenvalue weighted by Crippen LogP contribution is -2.28. The van der Waals surface area contributed by atoms with Crippen LogP contribution in [-0.2, 0) is 0 Å². The highest BCUT2D eigenvalue weighted by atomic mass is 15.1. The molecular weight excluding hydrogens is 226 g/mol. The Balaban J connectivity index is 1.96. The predicted octanol–water partition coefficient (Wildman–Crippen LogP) is 1.91. The number of pyridine rings is 1. The van der Waals surface area contributed by atoms with Crippen molar-refractivity contribution in [3.63, 3.8) is 0 Å². The van der Waals surface area contributed by atoms with Gasteiger partial charge in [-0.2, -0.15) is 0 Å². The van der Waals surface area contributed by atoms with Gasteiger partial charge in [-0.1, -0.05) is 0 Å². The van der Waals surface area contributed by atoms with Crippen LogP contribution in [0.4, 0.5) is 0 Å². The van der Waals surface area contributed by atoms with Crippen molar-refractivity contribution < 1.29 is 0 Å². The number of hydrogen-bond donors (Lipinski definition) is 3. The predicted molar refractivity (Wildman–Crippen MR) is 70.6 cm³/mol. The molecule has 1 saturated heterocycles. The quantitative estimate of drug-likeness (QED) is 0.609. The van der Waals surface area contributed by atoms with Gasteiger partial charge in [0.25, 0.3) is 0 Å². The second-order valence-electron chi connectivity index (χ2n) is 4.94. The topological polar surface area (TPSA) is 69.4 Å². The molecule has 1 aliphatic heterocycles. The average Bonchev–Trinajstić information content (AvgIpc) is 3.05. The van der Waals surface area contributed by atoms with Crippen molar-refractivity contribution in [2.24, 2.45) is 0 Å². The van der Waals surface area contributed by atoms with Crippen LogP contribution < -0.4 is 5.32 Å². The van der Waals surface area contributed by atoms with Crippen molar-refractivity contribution in [3.8, 4) is 0 Å². The number of nitrogens with one attached hydrogen (secondary N) is 3. The monoisotopic (exact) mass is 241 g/mol. The van der Waals surface area contributed by atoms with E-state index >= 15 is 0 Å². The maximum Gasteiger partial charge on any atom is 0.159 e. The molecule has 0 radical (unpaired) electrons. The number of aromatic nitrogens is 4. The molecule has 3 aromatic rings. The summed E-state index contributed by atoms with van der Waals surface area (Å²) in [6.45, 7) is 2.18. The molecule has 0 aliphatic carbocycles. The molecule has 92 valence electrons. The van der Waals surface area contributed by atoms with E-state index in [1.165, 1.54) is 23.9 Å². The molecular formula is C13H15N5. The fourth-order valence-corrected chi connectivity index (χ4v) is 2.95. The molecule has 1 fully saturated rings. The van der Waals surface area contributed by atoms with Crippen LogP contribution >= 0.6 is 0 Å². The third kappa shape index (κ3) is 1.37. The van der Waals surface area contributed by atoms with Crippen LogP contribution in [0.25, 0.3) is 21.9 Å². The second-order valence-corrected chi connectivity index (χ2v) is 4.94. The first kappa shape index (κ1) is 10.1. The second kappa shape index (κ2) is 3.81. The van der Waals surface area contributed by atoms with Crippen molar-refractivity contribution >= 4 is 21.9 Å². The van der Waals surface area contributed by atoms with Crippen molar-refractivity contribution in [1.82, 2.24) is 25.5 Å².